The zero-order valence-electron chi connectivity index (χ0n) is 18.2. The third-order valence-electron chi connectivity index (χ3n) is 4.99. The van der Waals surface area contributed by atoms with Gasteiger partial charge in [-0.1, -0.05) is 103 Å². The van der Waals surface area contributed by atoms with Crippen molar-refractivity contribution >= 4 is 10.1 Å². The van der Waals surface area contributed by atoms with Crippen molar-refractivity contribution in [3.8, 4) is 0 Å². The minimum absolute atomic E-state index is 0.331. The molecule has 158 valence electrons. The summed E-state index contributed by atoms with van der Waals surface area (Å²) in [5.74, 6) is 0. The van der Waals surface area contributed by atoms with Gasteiger partial charge in [-0.3, -0.25) is 4.18 Å². The molecule has 0 heterocycles. The largest absolute Gasteiger partial charge is 0.272 e. The fourth-order valence-electron chi connectivity index (χ4n) is 3.00. The molecule has 0 aromatic heterocycles. The Morgan fingerprint density at radius 2 is 0.885 bits per heavy atom. The molecule has 0 aliphatic heterocycles. The highest BCUT2D eigenvalue weighted by Crippen LogP contribution is 2.18. The molecule has 0 saturated heterocycles. The Balaban J connectivity index is 3.23. The lowest BCUT2D eigenvalue weighted by molar-refractivity contribution is 0.294. The maximum atomic E-state index is 11.8. The lowest BCUT2D eigenvalue weighted by Crippen LogP contribution is -2.30. The molecule has 0 rings (SSSR count). The second-order valence-electron chi connectivity index (χ2n) is 8.69. The summed E-state index contributed by atoms with van der Waals surface area (Å²) in [4.78, 5) is 0. The normalized spacial score (nSPS) is 12.6. The van der Waals surface area contributed by atoms with Gasteiger partial charge in [0.25, 0.3) is 10.1 Å². The predicted octanol–water partition coefficient (Wildman–Crippen LogP) is 7.39. The van der Waals surface area contributed by atoms with Gasteiger partial charge >= 0.3 is 0 Å². The van der Waals surface area contributed by atoms with Gasteiger partial charge in [-0.05, 0) is 27.2 Å². The summed E-state index contributed by atoms with van der Waals surface area (Å²) in [5, 5.41) is 0. The summed E-state index contributed by atoms with van der Waals surface area (Å²) in [7, 11) is -3.42. The average Bonchev–Trinajstić information content (AvgIpc) is 2.56. The molecule has 0 aliphatic rings. The molecule has 0 N–H and O–H groups in total. The molecule has 0 unspecified atom stereocenters. The predicted molar refractivity (Wildman–Crippen MR) is 114 cm³/mol. The molecule has 0 spiro atoms. The average molecular weight is 391 g/mol. The van der Waals surface area contributed by atoms with Crippen molar-refractivity contribution in [2.24, 2.45) is 0 Å². The smallest absolute Gasteiger partial charge is 0.270 e. The highest BCUT2D eigenvalue weighted by atomic mass is 32.2. The third kappa shape index (κ3) is 15.0. The summed E-state index contributed by atoms with van der Waals surface area (Å²) in [5.41, 5.74) is 0. The fraction of sp³-hybridized carbons (Fsp3) is 1.00. The van der Waals surface area contributed by atoms with E-state index in [0.29, 0.717) is 6.61 Å². The van der Waals surface area contributed by atoms with Crippen molar-refractivity contribution in [1.29, 1.82) is 0 Å². The van der Waals surface area contributed by atoms with Crippen LogP contribution in [0, 0.1) is 0 Å². The van der Waals surface area contributed by atoms with E-state index in [4.69, 9.17) is 4.18 Å². The number of hydrogen-bond donors (Lipinski definition) is 0. The van der Waals surface area contributed by atoms with Crippen molar-refractivity contribution in [2.75, 3.05) is 6.61 Å². The molecule has 0 aromatic rings. The summed E-state index contributed by atoms with van der Waals surface area (Å²) in [6.45, 7) is 7.63. The van der Waals surface area contributed by atoms with E-state index in [1.165, 1.54) is 89.9 Å². The van der Waals surface area contributed by atoms with Gasteiger partial charge in [-0.25, -0.2) is 0 Å². The van der Waals surface area contributed by atoms with Gasteiger partial charge in [0.15, 0.2) is 0 Å². The number of unbranched alkanes of at least 4 members (excludes halogenated alkanes) is 15. The molecule has 3 nitrogen and oxygen atoms in total. The van der Waals surface area contributed by atoms with E-state index in [1.54, 1.807) is 20.8 Å². The van der Waals surface area contributed by atoms with E-state index in [1.807, 2.05) is 0 Å². The molecular formula is C22H46O3S. The van der Waals surface area contributed by atoms with Crippen LogP contribution >= 0.6 is 0 Å². The zero-order chi connectivity index (χ0) is 19.7. The molecular weight excluding hydrogens is 344 g/mol. The monoisotopic (exact) mass is 390 g/mol. The molecule has 0 atom stereocenters. The van der Waals surface area contributed by atoms with Crippen LogP contribution in [0.25, 0.3) is 0 Å². The van der Waals surface area contributed by atoms with Crippen LogP contribution in [0.2, 0.25) is 0 Å². The maximum absolute atomic E-state index is 11.8. The van der Waals surface area contributed by atoms with Crippen LogP contribution in [-0.2, 0) is 14.3 Å². The van der Waals surface area contributed by atoms with Crippen LogP contribution in [0.1, 0.15) is 130 Å². The molecule has 0 amide bonds. The lowest BCUT2D eigenvalue weighted by Gasteiger charge is -2.18. The SMILES string of the molecule is CCCCCCCCCCCCCCCCCCOS(=O)(=O)C(C)(C)C. The molecule has 4 heteroatoms. The Morgan fingerprint density at radius 3 is 1.19 bits per heavy atom. The summed E-state index contributed by atoms with van der Waals surface area (Å²) >= 11 is 0. The summed E-state index contributed by atoms with van der Waals surface area (Å²) in [6.07, 6.45) is 21.1. The van der Waals surface area contributed by atoms with E-state index < -0.39 is 14.9 Å². The van der Waals surface area contributed by atoms with Crippen molar-refractivity contribution in [3.05, 3.63) is 0 Å². The standard InChI is InChI=1S/C22H46O3S/c1-5-6-7-8-9-10-11-12-13-14-15-16-17-18-19-20-21-25-26(23,24)22(2,3)4/h5-21H2,1-4H3. The van der Waals surface area contributed by atoms with Gasteiger partial charge in [0, 0.05) is 0 Å². The summed E-state index contributed by atoms with van der Waals surface area (Å²) < 4.78 is 27.8. The molecule has 0 bridgehead atoms. The van der Waals surface area contributed by atoms with E-state index in [-0.39, 0.29) is 0 Å². The Hall–Kier alpha value is -0.0900. The van der Waals surface area contributed by atoms with Gasteiger partial charge in [-0.2, -0.15) is 8.42 Å². The Morgan fingerprint density at radius 1 is 0.577 bits per heavy atom. The van der Waals surface area contributed by atoms with Crippen LogP contribution < -0.4 is 0 Å². The molecule has 0 fully saturated rings. The van der Waals surface area contributed by atoms with E-state index in [0.717, 1.165) is 12.8 Å². The number of hydrogen-bond acceptors (Lipinski definition) is 3. The maximum Gasteiger partial charge on any atom is 0.272 e. The van der Waals surface area contributed by atoms with E-state index >= 15 is 0 Å². The molecule has 0 radical (unpaired) electrons. The first kappa shape index (κ1) is 25.9. The molecule has 0 aliphatic carbocycles. The minimum Gasteiger partial charge on any atom is -0.270 e. The Kier molecular flexibility index (Phi) is 15.9. The van der Waals surface area contributed by atoms with Crippen LogP contribution in [0.15, 0.2) is 0 Å². The molecule has 26 heavy (non-hydrogen) atoms. The van der Waals surface area contributed by atoms with Gasteiger partial charge in [-0.15, -0.1) is 0 Å². The van der Waals surface area contributed by atoms with Crippen molar-refractivity contribution in [2.45, 2.75) is 135 Å². The van der Waals surface area contributed by atoms with E-state index in [9.17, 15) is 8.42 Å². The zero-order valence-corrected chi connectivity index (χ0v) is 19.0. The number of rotatable bonds is 18. The summed E-state index contributed by atoms with van der Waals surface area (Å²) in [6, 6.07) is 0. The van der Waals surface area contributed by atoms with E-state index in [2.05, 4.69) is 6.92 Å². The third-order valence-corrected chi connectivity index (χ3v) is 6.96. The first-order valence-corrected chi connectivity index (χ1v) is 12.6. The second kappa shape index (κ2) is 15.9. The van der Waals surface area contributed by atoms with Gasteiger partial charge in [0.2, 0.25) is 0 Å². The van der Waals surface area contributed by atoms with Gasteiger partial charge in [0.1, 0.15) is 0 Å². The highest BCUT2D eigenvalue weighted by molar-refractivity contribution is 7.88. The van der Waals surface area contributed by atoms with Gasteiger partial charge in [0.05, 0.1) is 11.4 Å². The van der Waals surface area contributed by atoms with Crippen LogP contribution in [0.4, 0.5) is 0 Å². The van der Waals surface area contributed by atoms with Crippen molar-refractivity contribution < 1.29 is 12.6 Å². The quantitative estimate of drug-likeness (QED) is 0.181. The molecule has 0 aromatic carbocycles. The Labute approximate surface area is 164 Å². The Bertz CT molecular complexity index is 396. The second-order valence-corrected chi connectivity index (χ2v) is 11.1. The highest BCUT2D eigenvalue weighted by Gasteiger charge is 2.29. The van der Waals surface area contributed by atoms with Crippen molar-refractivity contribution in [3.63, 3.8) is 0 Å². The first-order valence-electron chi connectivity index (χ1n) is 11.2. The van der Waals surface area contributed by atoms with Crippen molar-refractivity contribution in [1.82, 2.24) is 0 Å². The first-order chi connectivity index (χ1) is 12.3. The van der Waals surface area contributed by atoms with Crippen LogP contribution in [-0.4, -0.2) is 19.8 Å². The van der Waals surface area contributed by atoms with Gasteiger partial charge < -0.3 is 0 Å². The fourth-order valence-corrected chi connectivity index (χ4v) is 3.69. The minimum atomic E-state index is -3.42. The topological polar surface area (TPSA) is 43.4 Å². The van der Waals surface area contributed by atoms with Crippen LogP contribution in [0.3, 0.4) is 0 Å². The van der Waals surface area contributed by atoms with Crippen LogP contribution in [0.5, 0.6) is 0 Å². The lowest BCUT2D eigenvalue weighted by atomic mass is 10.0. The molecule has 0 saturated carbocycles.